The minimum atomic E-state index is -0.508. The molecule has 0 fully saturated rings. The molecule has 2 rings (SSSR count). The molecule has 6 nitrogen and oxygen atoms in total. The van der Waals surface area contributed by atoms with Crippen LogP contribution in [-0.2, 0) is 24.2 Å². The van der Waals surface area contributed by atoms with E-state index in [1.807, 2.05) is 50.2 Å². The van der Waals surface area contributed by atoms with Gasteiger partial charge in [0.05, 0.1) is 11.7 Å². The molecule has 0 bridgehead atoms. The molecule has 0 aliphatic rings. The lowest BCUT2D eigenvalue weighted by molar-refractivity contribution is -0.122. The lowest BCUT2D eigenvalue weighted by Crippen LogP contribution is -2.37. The molecule has 0 aliphatic heterocycles. The maximum Gasteiger partial charge on any atom is 0.285 e. The standard InChI is InChI=1S/C22H28N4O2/c1-5-17-18(13-23)22(28)26(25-19(17)6-2)14-21(27)24-20(12-15(3)4)16-10-8-7-9-11-16/h7-11,15,20H,5-6,12,14H2,1-4H3,(H,24,27). The average Bonchev–Trinajstić information content (AvgIpc) is 2.68. The number of aryl methyl sites for hydroxylation is 1. The number of benzene rings is 1. The van der Waals surface area contributed by atoms with Gasteiger partial charge in [0.2, 0.25) is 5.91 Å². The normalized spacial score (nSPS) is 11.9. The second-order valence-electron chi connectivity index (χ2n) is 7.24. The Morgan fingerprint density at radius 3 is 2.43 bits per heavy atom. The molecule has 1 aromatic carbocycles. The van der Waals surface area contributed by atoms with Crippen LogP contribution in [0, 0.1) is 17.2 Å². The first kappa shape index (κ1) is 21.4. The maximum absolute atomic E-state index is 12.7. The highest BCUT2D eigenvalue weighted by Crippen LogP contribution is 2.21. The van der Waals surface area contributed by atoms with Gasteiger partial charge >= 0.3 is 0 Å². The molecule has 28 heavy (non-hydrogen) atoms. The van der Waals surface area contributed by atoms with Crippen LogP contribution in [0.25, 0.3) is 0 Å². The van der Waals surface area contributed by atoms with E-state index in [0.29, 0.717) is 30.0 Å². The summed E-state index contributed by atoms with van der Waals surface area (Å²) in [6.07, 6.45) is 1.95. The van der Waals surface area contributed by atoms with Crippen LogP contribution in [0.3, 0.4) is 0 Å². The topological polar surface area (TPSA) is 87.8 Å². The number of carbonyl (C=O) groups excluding carboxylic acids is 1. The Hall–Kier alpha value is -2.94. The van der Waals surface area contributed by atoms with Crippen LogP contribution in [0.1, 0.15) is 62.5 Å². The van der Waals surface area contributed by atoms with E-state index in [4.69, 9.17) is 0 Å². The summed E-state index contributed by atoms with van der Waals surface area (Å²) in [6, 6.07) is 11.6. The summed E-state index contributed by atoms with van der Waals surface area (Å²) in [6.45, 7) is 7.82. The predicted molar refractivity (Wildman–Crippen MR) is 109 cm³/mol. The summed E-state index contributed by atoms with van der Waals surface area (Å²) in [7, 11) is 0. The van der Waals surface area contributed by atoms with Gasteiger partial charge < -0.3 is 5.32 Å². The number of amides is 1. The van der Waals surface area contributed by atoms with Gasteiger partial charge in [-0.05, 0) is 36.3 Å². The molecule has 1 N–H and O–H groups in total. The molecule has 1 atom stereocenters. The highest BCUT2D eigenvalue weighted by Gasteiger charge is 2.19. The smallest absolute Gasteiger partial charge is 0.285 e. The summed E-state index contributed by atoms with van der Waals surface area (Å²) < 4.78 is 1.11. The van der Waals surface area contributed by atoms with E-state index in [0.717, 1.165) is 16.7 Å². The van der Waals surface area contributed by atoms with Crippen LogP contribution in [-0.4, -0.2) is 15.7 Å². The molecule has 148 valence electrons. The first-order valence-electron chi connectivity index (χ1n) is 9.78. The van der Waals surface area contributed by atoms with Crippen molar-refractivity contribution < 1.29 is 4.79 Å². The highest BCUT2D eigenvalue weighted by atomic mass is 16.2. The number of nitrogens with zero attached hydrogens (tertiary/aromatic N) is 3. The summed E-state index contributed by atoms with van der Waals surface area (Å²) in [5.74, 6) is 0.103. The van der Waals surface area contributed by atoms with Gasteiger partial charge in [0.15, 0.2) is 0 Å². The molecule has 6 heteroatoms. The number of rotatable bonds is 8. The van der Waals surface area contributed by atoms with Crippen LogP contribution < -0.4 is 10.9 Å². The van der Waals surface area contributed by atoms with Gasteiger partial charge in [-0.3, -0.25) is 9.59 Å². The molecule has 1 aromatic heterocycles. The van der Waals surface area contributed by atoms with Gasteiger partial charge in [0.25, 0.3) is 5.56 Å². The highest BCUT2D eigenvalue weighted by molar-refractivity contribution is 5.76. The molecule has 0 radical (unpaired) electrons. The fourth-order valence-corrected chi connectivity index (χ4v) is 3.35. The summed E-state index contributed by atoms with van der Waals surface area (Å²) >= 11 is 0. The molecule has 1 unspecified atom stereocenters. The second kappa shape index (κ2) is 9.84. The monoisotopic (exact) mass is 380 g/mol. The van der Waals surface area contributed by atoms with E-state index < -0.39 is 5.56 Å². The third-order valence-corrected chi connectivity index (χ3v) is 4.68. The van der Waals surface area contributed by atoms with Crippen molar-refractivity contribution in [1.82, 2.24) is 15.1 Å². The van der Waals surface area contributed by atoms with Crippen molar-refractivity contribution in [2.24, 2.45) is 5.92 Å². The minimum Gasteiger partial charge on any atom is -0.348 e. The van der Waals surface area contributed by atoms with Crippen LogP contribution in [0.5, 0.6) is 0 Å². The second-order valence-corrected chi connectivity index (χ2v) is 7.24. The summed E-state index contributed by atoms with van der Waals surface area (Å²) in [5.41, 5.74) is 1.97. The van der Waals surface area contributed by atoms with E-state index in [1.165, 1.54) is 0 Å². The number of nitrogens with one attached hydrogen (secondary N) is 1. The van der Waals surface area contributed by atoms with Crippen molar-refractivity contribution >= 4 is 5.91 Å². The fraction of sp³-hybridized carbons (Fsp3) is 0.455. The third kappa shape index (κ3) is 5.07. The quantitative estimate of drug-likeness (QED) is 0.762. The van der Waals surface area contributed by atoms with Crippen molar-refractivity contribution in [3.63, 3.8) is 0 Å². The Morgan fingerprint density at radius 1 is 1.21 bits per heavy atom. The van der Waals surface area contributed by atoms with E-state index >= 15 is 0 Å². The summed E-state index contributed by atoms with van der Waals surface area (Å²) in [4.78, 5) is 25.3. The van der Waals surface area contributed by atoms with Crippen molar-refractivity contribution in [3.8, 4) is 6.07 Å². The summed E-state index contributed by atoms with van der Waals surface area (Å²) in [5, 5.41) is 16.8. The third-order valence-electron chi connectivity index (χ3n) is 4.68. The molecule has 2 aromatic rings. The average molecular weight is 380 g/mol. The predicted octanol–water partition coefficient (Wildman–Crippen LogP) is 3.14. The van der Waals surface area contributed by atoms with Gasteiger partial charge in [-0.1, -0.05) is 58.0 Å². The van der Waals surface area contributed by atoms with Crippen molar-refractivity contribution in [1.29, 1.82) is 5.26 Å². The maximum atomic E-state index is 12.7. The Morgan fingerprint density at radius 2 is 1.89 bits per heavy atom. The Bertz CT molecular complexity index is 911. The molecule has 1 amide bonds. The van der Waals surface area contributed by atoms with Crippen LogP contribution >= 0.6 is 0 Å². The zero-order chi connectivity index (χ0) is 20.7. The first-order chi connectivity index (χ1) is 13.4. The number of aromatic nitrogens is 2. The number of carbonyl (C=O) groups is 1. The zero-order valence-electron chi connectivity index (χ0n) is 17.0. The van der Waals surface area contributed by atoms with Crippen LogP contribution in [0.2, 0.25) is 0 Å². The Balaban J connectivity index is 2.28. The van der Waals surface area contributed by atoms with Crippen molar-refractivity contribution in [2.75, 3.05) is 0 Å². The van der Waals surface area contributed by atoms with Gasteiger partial charge in [-0.15, -0.1) is 0 Å². The molecule has 0 saturated heterocycles. The Labute approximate surface area is 166 Å². The molecular weight excluding hydrogens is 352 g/mol. The zero-order valence-corrected chi connectivity index (χ0v) is 17.0. The fourth-order valence-electron chi connectivity index (χ4n) is 3.35. The molecular formula is C22H28N4O2. The lowest BCUT2D eigenvalue weighted by Gasteiger charge is -2.21. The number of hydrogen-bond acceptors (Lipinski definition) is 4. The first-order valence-corrected chi connectivity index (χ1v) is 9.78. The van der Waals surface area contributed by atoms with E-state index in [1.54, 1.807) is 0 Å². The van der Waals surface area contributed by atoms with Crippen LogP contribution in [0.4, 0.5) is 0 Å². The van der Waals surface area contributed by atoms with Crippen molar-refractivity contribution in [3.05, 3.63) is 63.1 Å². The van der Waals surface area contributed by atoms with E-state index in [2.05, 4.69) is 24.3 Å². The van der Waals surface area contributed by atoms with E-state index in [9.17, 15) is 14.9 Å². The van der Waals surface area contributed by atoms with Crippen LogP contribution in [0.15, 0.2) is 35.1 Å². The van der Waals surface area contributed by atoms with E-state index in [-0.39, 0.29) is 24.1 Å². The molecule has 0 saturated carbocycles. The van der Waals surface area contributed by atoms with Gasteiger partial charge in [-0.25, -0.2) is 4.68 Å². The molecule has 1 heterocycles. The Kier molecular flexibility index (Phi) is 7.51. The molecule has 0 aliphatic carbocycles. The minimum absolute atomic E-state index is 0.0870. The largest absolute Gasteiger partial charge is 0.348 e. The lowest BCUT2D eigenvalue weighted by atomic mass is 9.97. The van der Waals surface area contributed by atoms with Gasteiger partial charge in [-0.2, -0.15) is 10.4 Å². The SMILES string of the molecule is CCc1nn(CC(=O)NC(CC(C)C)c2ccccc2)c(=O)c(C#N)c1CC. The van der Waals surface area contributed by atoms with Crippen molar-refractivity contribution in [2.45, 2.75) is 59.5 Å². The molecule has 0 spiro atoms. The number of hydrogen-bond donors (Lipinski definition) is 1. The van der Waals surface area contributed by atoms with Gasteiger partial charge in [0, 0.05) is 0 Å². The number of nitriles is 1. The van der Waals surface area contributed by atoms with Gasteiger partial charge in [0.1, 0.15) is 18.2 Å².